The molecule has 1 amide bonds. The van der Waals surface area contributed by atoms with E-state index in [9.17, 15) is 27.9 Å². The number of amides is 1. The molecule has 0 aromatic heterocycles. The summed E-state index contributed by atoms with van der Waals surface area (Å²) in [5.74, 6) is -1.86. The van der Waals surface area contributed by atoms with Gasteiger partial charge in [-0.2, -0.15) is 13.2 Å². The molecule has 25 heavy (non-hydrogen) atoms. The van der Waals surface area contributed by atoms with Crippen molar-refractivity contribution in [1.82, 2.24) is 4.90 Å². The zero-order chi connectivity index (χ0) is 18.7. The van der Waals surface area contributed by atoms with Crippen molar-refractivity contribution in [2.75, 3.05) is 26.8 Å². The maximum Gasteiger partial charge on any atom is 0.417 e. The smallest absolute Gasteiger partial charge is 0.417 e. The third-order valence-corrected chi connectivity index (χ3v) is 4.57. The van der Waals surface area contributed by atoms with E-state index in [1.54, 1.807) is 0 Å². The van der Waals surface area contributed by atoms with Crippen molar-refractivity contribution in [2.24, 2.45) is 5.41 Å². The van der Waals surface area contributed by atoms with Gasteiger partial charge in [-0.3, -0.25) is 9.59 Å². The normalized spacial score (nSPS) is 21.2. The highest BCUT2D eigenvalue weighted by molar-refractivity contribution is 5.96. The molecular weight excluding hydrogens is 339 g/mol. The van der Waals surface area contributed by atoms with Crippen LogP contribution in [0, 0.1) is 5.41 Å². The molecule has 8 heteroatoms. The van der Waals surface area contributed by atoms with E-state index < -0.39 is 34.6 Å². The number of aliphatic carboxylic acids is 1. The highest BCUT2D eigenvalue weighted by atomic mass is 19.4. The predicted octanol–water partition coefficient (Wildman–Crippen LogP) is 3.05. The number of methoxy groups -OCH3 is 1. The molecule has 1 aromatic rings. The molecule has 1 aliphatic heterocycles. The zero-order valence-corrected chi connectivity index (χ0v) is 13.8. The second-order valence-electron chi connectivity index (χ2n) is 6.20. The van der Waals surface area contributed by atoms with E-state index in [1.165, 1.54) is 24.1 Å². The van der Waals surface area contributed by atoms with E-state index >= 15 is 0 Å². The Morgan fingerprint density at radius 3 is 2.60 bits per heavy atom. The van der Waals surface area contributed by atoms with Gasteiger partial charge >= 0.3 is 12.1 Å². The van der Waals surface area contributed by atoms with Gasteiger partial charge in [0.25, 0.3) is 5.91 Å². The van der Waals surface area contributed by atoms with Gasteiger partial charge in [0.1, 0.15) is 0 Å². The van der Waals surface area contributed by atoms with E-state index in [0.717, 1.165) is 12.1 Å². The molecular formula is C17H20F3NO4. The fraction of sp³-hybridized carbons (Fsp3) is 0.529. The molecule has 1 aromatic carbocycles. The molecule has 0 spiro atoms. The number of benzene rings is 1. The van der Waals surface area contributed by atoms with Gasteiger partial charge < -0.3 is 14.7 Å². The SMILES string of the molecule is COCC[C@]1(C(=O)O)CCCN(C(=O)c2ccccc2C(F)(F)F)C1. The van der Waals surface area contributed by atoms with Crippen LogP contribution in [0.2, 0.25) is 0 Å². The Labute approximate surface area is 143 Å². The van der Waals surface area contributed by atoms with Crippen LogP contribution in [-0.4, -0.2) is 48.7 Å². The van der Waals surface area contributed by atoms with Crippen LogP contribution >= 0.6 is 0 Å². The average molecular weight is 359 g/mol. The Balaban J connectivity index is 2.30. The third kappa shape index (κ3) is 4.12. The molecule has 1 saturated heterocycles. The molecule has 1 atom stereocenters. The molecule has 1 heterocycles. The second-order valence-corrected chi connectivity index (χ2v) is 6.20. The van der Waals surface area contributed by atoms with Crippen molar-refractivity contribution in [3.8, 4) is 0 Å². The number of alkyl halides is 3. The summed E-state index contributed by atoms with van der Waals surface area (Å²) < 4.78 is 44.4. The minimum atomic E-state index is -4.65. The lowest BCUT2D eigenvalue weighted by atomic mass is 9.77. The monoisotopic (exact) mass is 359 g/mol. The number of nitrogens with zero attached hydrogens (tertiary/aromatic N) is 1. The first-order valence-electron chi connectivity index (χ1n) is 7.89. The van der Waals surface area contributed by atoms with Gasteiger partial charge in [0.05, 0.1) is 16.5 Å². The highest BCUT2D eigenvalue weighted by Gasteiger charge is 2.44. The number of halogens is 3. The number of rotatable bonds is 5. The van der Waals surface area contributed by atoms with E-state index in [2.05, 4.69) is 0 Å². The van der Waals surface area contributed by atoms with E-state index in [4.69, 9.17) is 4.74 Å². The second kappa shape index (κ2) is 7.43. The number of piperidine rings is 1. The standard InChI is InChI=1S/C17H20F3NO4/c1-25-10-8-16(15(23)24)7-4-9-21(11-16)14(22)12-5-2-3-6-13(12)17(18,19)20/h2-3,5-6H,4,7-11H2,1H3,(H,23,24)/t16-/m1/s1. The summed E-state index contributed by atoms with van der Waals surface area (Å²) in [4.78, 5) is 25.6. The third-order valence-electron chi connectivity index (χ3n) is 4.57. The molecule has 0 saturated carbocycles. The Bertz CT molecular complexity index is 647. The lowest BCUT2D eigenvalue weighted by Gasteiger charge is -2.40. The van der Waals surface area contributed by atoms with E-state index in [-0.39, 0.29) is 26.1 Å². The minimum Gasteiger partial charge on any atom is -0.481 e. The number of carboxylic acid groups (broad SMARTS) is 1. The molecule has 1 aliphatic rings. The van der Waals surface area contributed by atoms with Crippen molar-refractivity contribution in [3.63, 3.8) is 0 Å². The van der Waals surface area contributed by atoms with Gasteiger partial charge in [-0.05, 0) is 31.4 Å². The van der Waals surface area contributed by atoms with Crippen LogP contribution in [0.3, 0.4) is 0 Å². The minimum absolute atomic E-state index is 0.128. The molecule has 1 N–H and O–H groups in total. The summed E-state index contributed by atoms with van der Waals surface area (Å²) in [6.45, 7) is 0.303. The van der Waals surface area contributed by atoms with Crippen molar-refractivity contribution in [1.29, 1.82) is 0 Å². The lowest BCUT2D eigenvalue weighted by molar-refractivity contribution is -0.153. The first kappa shape index (κ1) is 19.2. The summed E-state index contributed by atoms with van der Waals surface area (Å²) in [7, 11) is 1.45. The number of hydrogen-bond donors (Lipinski definition) is 1. The number of hydrogen-bond acceptors (Lipinski definition) is 3. The molecule has 0 bridgehead atoms. The number of carbonyl (C=O) groups is 2. The molecule has 138 valence electrons. The summed E-state index contributed by atoms with van der Waals surface area (Å²) >= 11 is 0. The van der Waals surface area contributed by atoms with Gasteiger partial charge in [0, 0.05) is 26.8 Å². The first-order valence-corrected chi connectivity index (χ1v) is 7.89. The van der Waals surface area contributed by atoms with E-state index in [0.29, 0.717) is 12.8 Å². The summed E-state index contributed by atoms with van der Waals surface area (Å²) in [5, 5.41) is 9.60. The van der Waals surface area contributed by atoms with Gasteiger partial charge in [-0.25, -0.2) is 0 Å². The fourth-order valence-electron chi connectivity index (χ4n) is 3.18. The van der Waals surface area contributed by atoms with Crippen molar-refractivity contribution in [3.05, 3.63) is 35.4 Å². The van der Waals surface area contributed by atoms with Crippen LogP contribution in [0.4, 0.5) is 13.2 Å². The van der Waals surface area contributed by atoms with Gasteiger partial charge in [-0.1, -0.05) is 12.1 Å². The number of ether oxygens (including phenoxy) is 1. The Kier molecular flexibility index (Phi) is 5.72. The largest absolute Gasteiger partial charge is 0.481 e. The van der Waals surface area contributed by atoms with Crippen LogP contribution in [0.1, 0.15) is 35.2 Å². The molecule has 0 radical (unpaired) electrons. The maximum atomic E-state index is 13.1. The van der Waals surface area contributed by atoms with Crippen LogP contribution in [0.5, 0.6) is 0 Å². The summed E-state index contributed by atoms with van der Waals surface area (Å²) in [5.41, 5.74) is -2.66. The van der Waals surface area contributed by atoms with Gasteiger partial charge in [0.2, 0.25) is 0 Å². The number of likely N-dealkylation sites (tertiary alicyclic amines) is 1. The zero-order valence-electron chi connectivity index (χ0n) is 13.8. The Morgan fingerprint density at radius 1 is 1.32 bits per heavy atom. The topological polar surface area (TPSA) is 66.8 Å². The average Bonchev–Trinajstić information content (AvgIpc) is 2.58. The van der Waals surface area contributed by atoms with E-state index in [1.807, 2.05) is 0 Å². The van der Waals surface area contributed by atoms with Crippen LogP contribution in [0.25, 0.3) is 0 Å². The predicted molar refractivity (Wildman–Crippen MR) is 83.1 cm³/mol. The maximum absolute atomic E-state index is 13.1. The Morgan fingerprint density at radius 2 is 2.00 bits per heavy atom. The van der Waals surface area contributed by atoms with Crippen molar-refractivity contribution < 1.29 is 32.6 Å². The molecule has 5 nitrogen and oxygen atoms in total. The summed E-state index contributed by atoms with van der Waals surface area (Å²) in [6, 6.07) is 4.56. The highest BCUT2D eigenvalue weighted by Crippen LogP contribution is 2.36. The van der Waals surface area contributed by atoms with Crippen molar-refractivity contribution >= 4 is 11.9 Å². The molecule has 1 fully saturated rings. The van der Waals surface area contributed by atoms with Crippen molar-refractivity contribution in [2.45, 2.75) is 25.4 Å². The Hall–Kier alpha value is -2.09. The first-order chi connectivity index (χ1) is 11.7. The molecule has 0 aliphatic carbocycles. The molecule has 0 unspecified atom stereocenters. The summed E-state index contributed by atoms with van der Waals surface area (Å²) in [6.07, 6.45) is -3.68. The molecule has 2 rings (SSSR count). The fourth-order valence-corrected chi connectivity index (χ4v) is 3.18. The van der Waals surface area contributed by atoms with Gasteiger partial charge in [-0.15, -0.1) is 0 Å². The lowest BCUT2D eigenvalue weighted by Crippen LogP contribution is -2.50. The van der Waals surface area contributed by atoms with Crippen LogP contribution in [-0.2, 0) is 15.7 Å². The van der Waals surface area contributed by atoms with Crippen LogP contribution < -0.4 is 0 Å². The number of carboxylic acids is 1. The quantitative estimate of drug-likeness (QED) is 0.878. The number of carbonyl (C=O) groups excluding carboxylic acids is 1. The van der Waals surface area contributed by atoms with Crippen LogP contribution in [0.15, 0.2) is 24.3 Å². The van der Waals surface area contributed by atoms with Gasteiger partial charge in [0.15, 0.2) is 0 Å².